The molecule has 122 valence electrons. The number of nitrogens with zero attached hydrogens (tertiary/aromatic N) is 2. The largest absolute Gasteiger partial charge is 0.496 e. The van der Waals surface area contributed by atoms with Crippen LogP contribution in [0.2, 0.25) is 0 Å². The van der Waals surface area contributed by atoms with Crippen LogP contribution >= 0.6 is 0 Å². The predicted octanol–water partition coefficient (Wildman–Crippen LogP) is 2.32. The fourth-order valence-corrected chi connectivity index (χ4v) is 2.01. The van der Waals surface area contributed by atoms with Gasteiger partial charge in [-0.1, -0.05) is 12.1 Å². The number of pyridine rings is 1. The Kier molecular flexibility index (Phi) is 5.94. The molecule has 0 bridgehead atoms. The summed E-state index contributed by atoms with van der Waals surface area (Å²) in [5.41, 5.74) is 1.40. The molecule has 0 spiro atoms. The normalized spacial score (nSPS) is 10.4. The van der Waals surface area contributed by atoms with Gasteiger partial charge in [0.1, 0.15) is 11.6 Å². The van der Waals surface area contributed by atoms with Crippen LogP contribution in [0.1, 0.15) is 10.4 Å². The van der Waals surface area contributed by atoms with Gasteiger partial charge in [0.05, 0.1) is 24.6 Å². The van der Waals surface area contributed by atoms with Gasteiger partial charge in [-0.25, -0.2) is 4.98 Å². The molecule has 2 rings (SSSR count). The molecule has 0 atom stereocenters. The van der Waals surface area contributed by atoms with Gasteiger partial charge in [-0.05, 0) is 38.4 Å². The summed E-state index contributed by atoms with van der Waals surface area (Å²) in [7, 11) is 5.59. The van der Waals surface area contributed by atoms with Crippen molar-refractivity contribution in [1.82, 2.24) is 9.88 Å². The number of aromatic nitrogens is 1. The van der Waals surface area contributed by atoms with Crippen LogP contribution in [0.3, 0.4) is 0 Å². The number of likely N-dealkylation sites (N-methyl/N-ethyl adjacent to an activating group) is 1. The van der Waals surface area contributed by atoms with Crippen LogP contribution < -0.4 is 15.4 Å². The van der Waals surface area contributed by atoms with Crippen molar-refractivity contribution in [3.63, 3.8) is 0 Å². The molecule has 1 aromatic heterocycles. The minimum Gasteiger partial charge on any atom is -0.496 e. The predicted molar refractivity (Wildman–Crippen MR) is 92.2 cm³/mol. The molecular formula is C17H22N4O2. The Morgan fingerprint density at radius 1 is 1.22 bits per heavy atom. The van der Waals surface area contributed by atoms with Gasteiger partial charge in [-0.15, -0.1) is 0 Å². The van der Waals surface area contributed by atoms with Crippen LogP contribution in [0.4, 0.5) is 11.5 Å². The van der Waals surface area contributed by atoms with Crippen LogP contribution in [0.25, 0.3) is 0 Å². The molecule has 0 saturated carbocycles. The van der Waals surface area contributed by atoms with Crippen molar-refractivity contribution in [3.8, 4) is 5.75 Å². The molecule has 0 unspecified atom stereocenters. The maximum absolute atomic E-state index is 12.3. The number of para-hydroxylation sites is 1. The SMILES string of the molecule is COc1ccccc1C(=O)Nc1ccc(NCCN(C)C)cn1. The maximum Gasteiger partial charge on any atom is 0.260 e. The lowest BCUT2D eigenvalue weighted by atomic mass is 10.2. The highest BCUT2D eigenvalue weighted by molar-refractivity contribution is 6.05. The molecule has 1 aromatic carbocycles. The van der Waals surface area contributed by atoms with E-state index in [1.807, 2.05) is 26.2 Å². The average Bonchev–Trinajstić information content (AvgIpc) is 2.56. The molecular weight excluding hydrogens is 292 g/mol. The van der Waals surface area contributed by atoms with Gasteiger partial charge >= 0.3 is 0 Å². The van der Waals surface area contributed by atoms with Gasteiger partial charge in [-0.2, -0.15) is 0 Å². The average molecular weight is 314 g/mol. The van der Waals surface area contributed by atoms with Crippen molar-refractivity contribution in [2.24, 2.45) is 0 Å². The molecule has 0 fully saturated rings. The Morgan fingerprint density at radius 2 is 2.00 bits per heavy atom. The molecule has 0 aliphatic carbocycles. The monoisotopic (exact) mass is 314 g/mol. The van der Waals surface area contributed by atoms with Crippen LogP contribution in [-0.4, -0.2) is 50.1 Å². The Morgan fingerprint density at radius 3 is 2.65 bits per heavy atom. The van der Waals surface area contributed by atoms with E-state index in [1.54, 1.807) is 37.6 Å². The van der Waals surface area contributed by atoms with Crippen molar-refractivity contribution in [1.29, 1.82) is 0 Å². The molecule has 23 heavy (non-hydrogen) atoms. The van der Waals surface area contributed by atoms with Crippen LogP contribution in [-0.2, 0) is 0 Å². The fraction of sp³-hybridized carbons (Fsp3) is 0.294. The second-order valence-corrected chi connectivity index (χ2v) is 5.32. The van der Waals surface area contributed by atoms with E-state index in [4.69, 9.17) is 4.74 Å². The topological polar surface area (TPSA) is 66.5 Å². The Balaban J connectivity index is 1.96. The summed E-state index contributed by atoms with van der Waals surface area (Å²) in [6.07, 6.45) is 1.70. The zero-order valence-electron chi connectivity index (χ0n) is 13.7. The highest BCUT2D eigenvalue weighted by Gasteiger charge is 2.11. The lowest BCUT2D eigenvalue weighted by Crippen LogP contribution is -2.20. The number of anilines is 2. The molecule has 0 aliphatic heterocycles. The number of benzene rings is 1. The Labute approximate surface area is 136 Å². The minimum absolute atomic E-state index is 0.247. The zero-order chi connectivity index (χ0) is 16.7. The third-order valence-electron chi connectivity index (χ3n) is 3.24. The summed E-state index contributed by atoms with van der Waals surface area (Å²) in [4.78, 5) is 18.6. The highest BCUT2D eigenvalue weighted by atomic mass is 16.5. The number of methoxy groups -OCH3 is 1. The highest BCUT2D eigenvalue weighted by Crippen LogP contribution is 2.19. The van der Waals surface area contributed by atoms with Crippen LogP contribution in [0, 0.1) is 0 Å². The van der Waals surface area contributed by atoms with E-state index in [0.29, 0.717) is 17.1 Å². The number of hydrogen-bond acceptors (Lipinski definition) is 5. The summed E-state index contributed by atoms with van der Waals surface area (Å²) in [5.74, 6) is 0.786. The number of ether oxygens (including phenoxy) is 1. The number of hydrogen-bond donors (Lipinski definition) is 2. The standard InChI is InChI=1S/C17H22N4O2/c1-21(2)11-10-18-13-8-9-16(19-12-13)20-17(22)14-6-4-5-7-15(14)23-3/h4-9,12,18H,10-11H2,1-3H3,(H,19,20,22). The van der Waals surface area contributed by atoms with E-state index in [2.05, 4.69) is 20.5 Å². The first-order valence-electron chi connectivity index (χ1n) is 7.39. The van der Waals surface area contributed by atoms with Crippen LogP contribution in [0.15, 0.2) is 42.6 Å². The number of carbonyl (C=O) groups excluding carboxylic acids is 1. The summed E-state index contributed by atoms with van der Waals surface area (Å²) >= 11 is 0. The molecule has 6 heteroatoms. The van der Waals surface area contributed by atoms with E-state index in [9.17, 15) is 4.79 Å². The van der Waals surface area contributed by atoms with Crippen LogP contribution in [0.5, 0.6) is 5.75 Å². The summed E-state index contributed by atoms with van der Waals surface area (Å²) in [6, 6.07) is 10.7. The number of carbonyl (C=O) groups is 1. The number of amides is 1. The second kappa shape index (κ2) is 8.14. The molecule has 1 amide bonds. The molecule has 2 N–H and O–H groups in total. The Hall–Kier alpha value is -2.60. The van der Waals surface area contributed by atoms with Crippen molar-refractivity contribution in [2.45, 2.75) is 0 Å². The van der Waals surface area contributed by atoms with Gasteiger partial charge in [0.2, 0.25) is 0 Å². The fourth-order valence-electron chi connectivity index (χ4n) is 2.01. The Bertz CT molecular complexity index is 641. The van der Waals surface area contributed by atoms with E-state index in [1.165, 1.54) is 0 Å². The second-order valence-electron chi connectivity index (χ2n) is 5.32. The zero-order valence-corrected chi connectivity index (χ0v) is 13.7. The van der Waals surface area contributed by atoms with Crippen molar-refractivity contribution in [3.05, 3.63) is 48.2 Å². The third-order valence-corrected chi connectivity index (χ3v) is 3.24. The smallest absolute Gasteiger partial charge is 0.260 e. The first-order chi connectivity index (χ1) is 11.1. The van der Waals surface area contributed by atoms with E-state index in [0.717, 1.165) is 18.8 Å². The molecule has 0 aliphatic rings. The van der Waals surface area contributed by atoms with Gasteiger partial charge in [0, 0.05) is 13.1 Å². The van der Waals surface area contributed by atoms with Crippen molar-refractivity contribution in [2.75, 3.05) is 44.9 Å². The summed E-state index contributed by atoms with van der Waals surface area (Å²) in [6.45, 7) is 1.77. The quantitative estimate of drug-likeness (QED) is 0.821. The number of rotatable bonds is 7. The van der Waals surface area contributed by atoms with Gasteiger partial charge in [0.25, 0.3) is 5.91 Å². The minimum atomic E-state index is -0.247. The van der Waals surface area contributed by atoms with E-state index < -0.39 is 0 Å². The lowest BCUT2D eigenvalue weighted by molar-refractivity contribution is 0.102. The molecule has 0 radical (unpaired) electrons. The molecule has 2 aromatic rings. The van der Waals surface area contributed by atoms with E-state index >= 15 is 0 Å². The lowest BCUT2D eigenvalue weighted by Gasteiger charge is -2.12. The molecule has 1 heterocycles. The van der Waals surface area contributed by atoms with Gasteiger partial charge < -0.3 is 20.3 Å². The van der Waals surface area contributed by atoms with Gasteiger partial charge in [-0.3, -0.25) is 4.79 Å². The van der Waals surface area contributed by atoms with Crippen molar-refractivity contribution >= 4 is 17.4 Å². The third kappa shape index (κ3) is 4.96. The summed E-state index contributed by atoms with van der Waals surface area (Å²) in [5, 5.41) is 6.04. The maximum atomic E-state index is 12.3. The van der Waals surface area contributed by atoms with E-state index in [-0.39, 0.29) is 5.91 Å². The van der Waals surface area contributed by atoms with Gasteiger partial charge in [0.15, 0.2) is 0 Å². The number of nitrogens with one attached hydrogen (secondary N) is 2. The summed E-state index contributed by atoms with van der Waals surface area (Å²) < 4.78 is 5.19. The first-order valence-corrected chi connectivity index (χ1v) is 7.39. The first kappa shape index (κ1) is 16.8. The van der Waals surface area contributed by atoms with Crippen molar-refractivity contribution < 1.29 is 9.53 Å². The molecule has 0 saturated heterocycles. The molecule has 6 nitrogen and oxygen atoms in total.